The van der Waals surface area contributed by atoms with Crippen LogP contribution in [-0.2, 0) is 6.42 Å². The van der Waals surface area contributed by atoms with E-state index in [-0.39, 0.29) is 0 Å². The Labute approximate surface area is 111 Å². The molecule has 0 aliphatic carbocycles. The molecule has 1 unspecified atom stereocenters. The van der Waals surface area contributed by atoms with Crippen LogP contribution in [0.25, 0.3) is 0 Å². The summed E-state index contributed by atoms with van der Waals surface area (Å²) in [5.74, 6) is 3.46. The van der Waals surface area contributed by atoms with Crippen molar-refractivity contribution in [1.82, 2.24) is 5.32 Å². The highest BCUT2D eigenvalue weighted by molar-refractivity contribution is 5.27. The molecule has 0 fully saturated rings. The summed E-state index contributed by atoms with van der Waals surface area (Å²) in [6.07, 6.45) is 8.08. The first-order valence-electron chi connectivity index (χ1n) is 6.64. The summed E-state index contributed by atoms with van der Waals surface area (Å²) in [6, 6.07) is 8.86. The van der Waals surface area contributed by atoms with Gasteiger partial charge in [0.2, 0.25) is 0 Å². The van der Waals surface area contributed by atoms with Crippen LogP contribution in [0.5, 0.6) is 5.75 Å². The molecule has 0 aliphatic rings. The largest absolute Gasteiger partial charge is 0.493 e. The Balaban J connectivity index is 2.33. The van der Waals surface area contributed by atoms with E-state index in [1.807, 2.05) is 12.1 Å². The van der Waals surface area contributed by atoms with Gasteiger partial charge in [-0.25, -0.2) is 0 Å². The predicted molar refractivity (Wildman–Crippen MR) is 76.8 cm³/mol. The van der Waals surface area contributed by atoms with E-state index in [1.165, 1.54) is 5.56 Å². The van der Waals surface area contributed by atoms with Crippen LogP contribution in [0, 0.1) is 12.3 Å². The van der Waals surface area contributed by atoms with E-state index < -0.39 is 0 Å². The van der Waals surface area contributed by atoms with Crippen molar-refractivity contribution in [2.24, 2.45) is 0 Å². The maximum absolute atomic E-state index is 5.51. The third kappa shape index (κ3) is 5.75. The van der Waals surface area contributed by atoms with Crippen LogP contribution in [0.3, 0.4) is 0 Å². The maximum Gasteiger partial charge on any atom is 0.119 e. The zero-order valence-corrected chi connectivity index (χ0v) is 11.4. The van der Waals surface area contributed by atoms with Crippen molar-refractivity contribution in [3.8, 4) is 18.1 Å². The van der Waals surface area contributed by atoms with Crippen molar-refractivity contribution in [3.63, 3.8) is 0 Å². The van der Waals surface area contributed by atoms with Crippen molar-refractivity contribution >= 4 is 0 Å². The standard InChI is InChI=1S/C16H23NO/c1-4-6-13-18-16-11-9-15(10-12-16)8-7-14(3)17-5-2/h1,9-12,14,17H,5-8,13H2,2-3H3. The van der Waals surface area contributed by atoms with Gasteiger partial charge in [-0.1, -0.05) is 19.1 Å². The Hall–Kier alpha value is -1.46. The molecule has 18 heavy (non-hydrogen) atoms. The minimum atomic E-state index is 0.571. The fourth-order valence-corrected chi connectivity index (χ4v) is 1.81. The quantitative estimate of drug-likeness (QED) is 0.561. The first kappa shape index (κ1) is 14.6. The minimum Gasteiger partial charge on any atom is -0.493 e. The average molecular weight is 245 g/mol. The first-order chi connectivity index (χ1) is 8.76. The molecule has 1 atom stereocenters. The number of rotatable bonds is 8. The number of hydrogen-bond acceptors (Lipinski definition) is 2. The molecule has 2 nitrogen and oxygen atoms in total. The van der Waals surface area contributed by atoms with Gasteiger partial charge in [-0.2, -0.15) is 0 Å². The highest BCUT2D eigenvalue weighted by Gasteiger charge is 2.01. The molecule has 1 N–H and O–H groups in total. The Morgan fingerprint density at radius 2 is 2.06 bits per heavy atom. The zero-order valence-electron chi connectivity index (χ0n) is 11.4. The second-order valence-corrected chi connectivity index (χ2v) is 4.44. The molecule has 0 radical (unpaired) electrons. The molecule has 0 bridgehead atoms. The van der Waals surface area contributed by atoms with Gasteiger partial charge in [0, 0.05) is 12.5 Å². The summed E-state index contributed by atoms with van der Waals surface area (Å²) in [6.45, 7) is 5.98. The van der Waals surface area contributed by atoms with Crippen molar-refractivity contribution < 1.29 is 4.74 Å². The average Bonchev–Trinajstić information content (AvgIpc) is 2.38. The van der Waals surface area contributed by atoms with Crippen LogP contribution in [-0.4, -0.2) is 19.2 Å². The van der Waals surface area contributed by atoms with E-state index in [9.17, 15) is 0 Å². The molecule has 0 aliphatic heterocycles. The van der Waals surface area contributed by atoms with Crippen LogP contribution in [0.2, 0.25) is 0 Å². The molecule has 0 saturated carbocycles. The molecule has 0 saturated heterocycles. The van der Waals surface area contributed by atoms with Gasteiger partial charge < -0.3 is 10.1 Å². The van der Waals surface area contributed by atoms with Gasteiger partial charge in [0.25, 0.3) is 0 Å². The molecule has 2 heteroatoms. The first-order valence-corrected chi connectivity index (χ1v) is 6.64. The van der Waals surface area contributed by atoms with Gasteiger partial charge in [0.1, 0.15) is 5.75 Å². The number of terminal acetylenes is 1. The normalized spacial score (nSPS) is 11.8. The van der Waals surface area contributed by atoms with Gasteiger partial charge in [0.15, 0.2) is 0 Å². The van der Waals surface area contributed by atoms with E-state index in [2.05, 4.69) is 37.2 Å². The second-order valence-electron chi connectivity index (χ2n) is 4.44. The molecule has 0 aromatic heterocycles. The van der Waals surface area contributed by atoms with E-state index in [0.29, 0.717) is 19.1 Å². The van der Waals surface area contributed by atoms with Gasteiger partial charge >= 0.3 is 0 Å². The lowest BCUT2D eigenvalue weighted by molar-refractivity contribution is 0.327. The Morgan fingerprint density at radius 3 is 2.67 bits per heavy atom. The molecular formula is C16H23NO. The molecule has 1 aromatic rings. The molecule has 98 valence electrons. The van der Waals surface area contributed by atoms with Gasteiger partial charge in [-0.05, 0) is 44.0 Å². The molecule has 0 heterocycles. The maximum atomic E-state index is 5.51. The topological polar surface area (TPSA) is 21.3 Å². The van der Waals surface area contributed by atoms with Gasteiger partial charge in [0.05, 0.1) is 6.61 Å². The lowest BCUT2D eigenvalue weighted by Crippen LogP contribution is -2.25. The minimum absolute atomic E-state index is 0.571. The Bertz CT molecular complexity index is 364. The SMILES string of the molecule is C#CCCOc1ccc(CCC(C)NCC)cc1. The van der Waals surface area contributed by atoms with Crippen LogP contribution in [0.4, 0.5) is 0 Å². The number of ether oxygens (including phenoxy) is 1. The van der Waals surface area contributed by atoms with Crippen molar-refractivity contribution in [3.05, 3.63) is 29.8 Å². The monoisotopic (exact) mass is 245 g/mol. The summed E-state index contributed by atoms with van der Waals surface area (Å²) < 4.78 is 5.51. The third-order valence-corrected chi connectivity index (χ3v) is 2.86. The summed E-state index contributed by atoms with van der Waals surface area (Å²) in [7, 11) is 0. The lowest BCUT2D eigenvalue weighted by atomic mass is 10.1. The number of aryl methyl sites for hydroxylation is 1. The van der Waals surface area contributed by atoms with Crippen molar-refractivity contribution in [1.29, 1.82) is 0 Å². The lowest BCUT2D eigenvalue weighted by Gasteiger charge is -2.12. The van der Waals surface area contributed by atoms with Crippen molar-refractivity contribution in [2.75, 3.05) is 13.2 Å². The third-order valence-electron chi connectivity index (χ3n) is 2.86. The highest BCUT2D eigenvalue weighted by Crippen LogP contribution is 2.14. The van der Waals surface area contributed by atoms with Crippen LogP contribution in [0.15, 0.2) is 24.3 Å². The summed E-state index contributed by atoms with van der Waals surface area (Å²) in [5, 5.41) is 3.42. The van der Waals surface area contributed by atoms with Gasteiger partial charge in [-0.15, -0.1) is 12.3 Å². The number of benzene rings is 1. The van der Waals surface area contributed by atoms with E-state index in [4.69, 9.17) is 11.2 Å². The Kier molecular flexibility index (Phi) is 6.98. The van der Waals surface area contributed by atoms with Crippen molar-refractivity contribution in [2.45, 2.75) is 39.2 Å². The fourth-order valence-electron chi connectivity index (χ4n) is 1.81. The zero-order chi connectivity index (χ0) is 13.2. The second kappa shape index (κ2) is 8.60. The molecular weight excluding hydrogens is 222 g/mol. The van der Waals surface area contributed by atoms with E-state index in [0.717, 1.165) is 25.1 Å². The van der Waals surface area contributed by atoms with E-state index in [1.54, 1.807) is 0 Å². The van der Waals surface area contributed by atoms with Crippen LogP contribution >= 0.6 is 0 Å². The fraction of sp³-hybridized carbons (Fsp3) is 0.500. The summed E-state index contributed by atoms with van der Waals surface area (Å²) in [4.78, 5) is 0. The Morgan fingerprint density at radius 1 is 1.33 bits per heavy atom. The highest BCUT2D eigenvalue weighted by atomic mass is 16.5. The molecule has 0 spiro atoms. The smallest absolute Gasteiger partial charge is 0.119 e. The summed E-state index contributed by atoms with van der Waals surface area (Å²) in [5.41, 5.74) is 1.35. The number of hydrogen-bond donors (Lipinski definition) is 1. The molecule has 1 aromatic carbocycles. The van der Waals surface area contributed by atoms with Gasteiger partial charge in [-0.3, -0.25) is 0 Å². The number of nitrogens with one attached hydrogen (secondary N) is 1. The molecule has 1 rings (SSSR count). The van der Waals surface area contributed by atoms with Crippen LogP contribution < -0.4 is 10.1 Å². The van der Waals surface area contributed by atoms with Crippen LogP contribution in [0.1, 0.15) is 32.3 Å². The van der Waals surface area contributed by atoms with E-state index >= 15 is 0 Å². The summed E-state index contributed by atoms with van der Waals surface area (Å²) >= 11 is 0. The molecule has 0 amide bonds. The predicted octanol–water partition coefficient (Wildman–Crippen LogP) is 3.02.